The third-order valence-corrected chi connectivity index (χ3v) is 4.03. The molecule has 1 atom stereocenters. The van der Waals surface area contributed by atoms with Crippen LogP contribution in [0.15, 0.2) is 28.7 Å². The molecular formula is C14H16BrN3O. The van der Waals surface area contributed by atoms with Crippen molar-refractivity contribution < 1.29 is 4.79 Å². The Hall–Kier alpha value is -1.54. The molecule has 0 N–H and O–H groups in total. The van der Waals surface area contributed by atoms with E-state index in [9.17, 15) is 10.1 Å². The first-order valence-corrected chi connectivity index (χ1v) is 6.87. The lowest BCUT2D eigenvalue weighted by Crippen LogP contribution is -2.44. The van der Waals surface area contributed by atoms with Crippen molar-refractivity contribution in [2.24, 2.45) is 0 Å². The summed E-state index contributed by atoms with van der Waals surface area (Å²) in [7, 11) is 1.78. The fourth-order valence-electron chi connectivity index (χ4n) is 2.27. The molecule has 0 saturated carbocycles. The van der Waals surface area contributed by atoms with E-state index in [0.717, 1.165) is 10.0 Å². The van der Waals surface area contributed by atoms with E-state index in [1.807, 2.05) is 24.3 Å². The molecule has 0 aliphatic carbocycles. The summed E-state index contributed by atoms with van der Waals surface area (Å²) in [6, 6.07) is 9.99. The Morgan fingerprint density at radius 3 is 2.74 bits per heavy atom. The largest absolute Gasteiger partial charge is 0.321 e. The number of rotatable bonds is 2. The lowest BCUT2D eigenvalue weighted by atomic mass is 10.0. The molecule has 0 radical (unpaired) electrons. The maximum absolute atomic E-state index is 12.3. The van der Waals surface area contributed by atoms with Gasteiger partial charge in [-0.15, -0.1) is 0 Å². The molecule has 1 saturated heterocycles. The van der Waals surface area contributed by atoms with E-state index in [-0.39, 0.29) is 12.1 Å². The van der Waals surface area contributed by atoms with E-state index in [1.165, 1.54) is 0 Å². The zero-order chi connectivity index (χ0) is 14.2. The minimum absolute atomic E-state index is 0.0161. The van der Waals surface area contributed by atoms with Crippen LogP contribution in [0.5, 0.6) is 0 Å². The molecule has 5 heteroatoms. The Bertz CT molecular complexity index is 550. The normalized spacial score (nSPS) is 19.7. The van der Waals surface area contributed by atoms with Crippen LogP contribution in [0, 0.1) is 11.3 Å². The predicted octanol–water partition coefficient (Wildman–Crippen LogP) is 3.16. The van der Waals surface area contributed by atoms with E-state index in [4.69, 9.17) is 0 Å². The fraction of sp³-hybridized carbons (Fsp3) is 0.429. The summed E-state index contributed by atoms with van der Waals surface area (Å²) in [4.78, 5) is 15.6. The number of urea groups is 1. The summed E-state index contributed by atoms with van der Waals surface area (Å²) in [6.07, 6.45) is 0. The second kappa shape index (κ2) is 4.86. The molecule has 1 aromatic carbocycles. The number of benzene rings is 1. The molecule has 0 bridgehead atoms. The number of likely N-dealkylation sites (N-methyl/N-ethyl adjacent to an activating group) is 1. The summed E-state index contributed by atoms with van der Waals surface area (Å²) in [5, 5.41) is 9.19. The van der Waals surface area contributed by atoms with Gasteiger partial charge >= 0.3 is 6.03 Å². The Labute approximate surface area is 121 Å². The van der Waals surface area contributed by atoms with Crippen molar-refractivity contribution in [1.29, 1.82) is 5.26 Å². The number of hydrogen-bond donors (Lipinski definition) is 0. The first kappa shape index (κ1) is 13.9. The highest BCUT2D eigenvalue weighted by Crippen LogP contribution is 2.33. The quantitative estimate of drug-likeness (QED) is 0.840. The standard InChI is InChI=1S/C14H16BrN3O/c1-14(2,9-16)18-8-12(17(3)13(18)19)10-5-4-6-11(15)7-10/h4-7,12H,8H2,1-3H3. The van der Waals surface area contributed by atoms with Crippen molar-refractivity contribution in [2.45, 2.75) is 25.4 Å². The summed E-state index contributed by atoms with van der Waals surface area (Å²) in [5.41, 5.74) is 0.285. The topological polar surface area (TPSA) is 47.3 Å². The van der Waals surface area contributed by atoms with Gasteiger partial charge in [0.1, 0.15) is 5.54 Å². The molecule has 1 aromatic rings. The van der Waals surface area contributed by atoms with Crippen molar-refractivity contribution >= 4 is 22.0 Å². The van der Waals surface area contributed by atoms with Crippen LogP contribution in [0.2, 0.25) is 0 Å². The minimum Gasteiger partial charge on any atom is -0.319 e. The Morgan fingerprint density at radius 2 is 2.16 bits per heavy atom. The van der Waals surface area contributed by atoms with Gasteiger partial charge in [-0.3, -0.25) is 0 Å². The van der Waals surface area contributed by atoms with Gasteiger partial charge < -0.3 is 9.80 Å². The van der Waals surface area contributed by atoms with Crippen LogP contribution in [0.25, 0.3) is 0 Å². The van der Waals surface area contributed by atoms with Gasteiger partial charge in [-0.2, -0.15) is 5.26 Å². The molecule has 0 aromatic heterocycles. The highest BCUT2D eigenvalue weighted by Gasteiger charge is 2.42. The van der Waals surface area contributed by atoms with Crippen molar-refractivity contribution in [2.75, 3.05) is 13.6 Å². The van der Waals surface area contributed by atoms with E-state index in [2.05, 4.69) is 22.0 Å². The van der Waals surface area contributed by atoms with Crippen LogP contribution in [0.4, 0.5) is 4.79 Å². The number of nitriles is 1. The molecule has 1 heterocycles. The highest BCUT2D eigenvalue weighted by molar-refractivity contribution is 9.10. The van der Waals surface area contributed by atoms with Crippen molar-refractivity contribution in [1.82, 2.24) is 9.80 Å². The van der Waals surface area contributed by atoms with Gasteiger partial charge in [0.05, 0.1) is 12.1 Å². The molecule has 100 valence electrons. The summed E-state index contributed by atoms with van der Waals surface area (Å²) < 4.78 is 0.990. The number of halogens is 1. The number of carbonyl (C=O) groups is 1. The van der Waals surface area contributed by atoms with Crippen molar-refractivity contribution in [3.63, 3.8) is 0 Å². The predicted molar refractivity (Wildman–Crippen MR) is 76.4 cm³/mol. The Morgan fingerprint density at radius 1 is 1.47 bits per heavy atom. The maximum atomic E-state index is 12.3. The lowest BCUT2D eigenvalue weighted by molar-refractivity contribution is 0.172. The molecule has 1 aliphatic heterocycles. The van der Waals surface area contributed by atoms with Crippen molar-refractivity contribution in [3.05, 3.63) is 34.3 Å². The number of nitrogens with zero attached hydrogens (tertiary/aromatic N) is 3. The molecule has 4 nitrogen and oxygen atoms in total. The van der Waals surface area contributed by atoms with Crippen LogP contribution in [0.3, 0.4) is 0 Å². The maximum Gasteiger partial charge on any atom is 0.321 e. The smallest absolute Gasteiger partial charge is 0.319 e. The molecule has 1 fully saturated rings. The third kappa shape index (κ3) is 2.45. The lowest BCUT2D eigenvalue weighted by Gasteiger charge is -2.27. The van der Waals surface area contributed by atoms with Gasteiger partial charge in [-0.25, -0.2) is 4.79 Å². The average molecular weight is 322 g/mol. The second-order valence-corrected chi connectivity index (χ2v) is 6.16. The van der Waals surface area contributed by atoms with Gasteiger partial charge in [0.15, 0.2) is 0 Å². The summed E-state index contributed by atoms with van der Waals surface area (Å²) >= 11 is 3.44. The number of hydrogen-bond acceptors (Lipinski definition) is 2. The first-order chi connectivity index (χ1) is 8.86. The van der Waals surface area contributed by atoms with E-state index in [1.54, 1.807) is 30.7 Å². The first-order valence-electron chi connectivity index (χ1n) is 6.08. The summed E-state index contributed by atoms with van der Waals surface area (Å²) in [5.74, 6) is 0. The van der Waals surface area contributed by atoms with Gasteiger partial charge in [0.2, 0.25) is 0 Å². The number of amides is 2. The Kier molecular flexibility index (Phi) is 3.55. The summed E-state index contributed by atoms with van der Waals surface area (Å²) in [6.45, 7) is 4.07. The van der Waals surface area contributed by atoms with Crippen LogP contribution >= 0.6 is 15.9 Å². The highest BCUT2D eigenvalue weighted by atomic mass is 79.9. The SMILES string of the molecule is CN1C(=O)N(C(C)(C)C#N)CC1c1cccc(Br)c1. The second-order valence-electron chi connectivity index (χ2n) is 5.25. The molecule has 2 rings (SSSR count). The fourth-order valence-corrected chi connectivity index (χ4v) is 2.68. The monoisotopic (exact) mass is 321 g/mol. The van der Waals surface area contributed by atoms with Gasteiger partial charge in [0.25, 0.3) is 0 Å². The molecule has 19 heavy (non-hydrogen) atoms. The molecular weight excluding hydrogens is 306 g/mol. The van der Waals surface area contributed by atoms with Gasteiger partial charge in [0, 0.05) is 18.1 Å². The van der Waals surface area contributed by atoms with Crippen LogP contribution in [-0.4, -0.2) is 35.0 Å². The van der Waals surface area contributed by atoms with Crippen molar-refractivity contribution in [3.8, 4) is 6.07 Å². The van der Waals surface area contributed by atoms with Crippen LogP contribution < -0.4 is 0 Å². The third-order valence-electron chi connectivity index (χ3n) is 3.54. The van der Waals surface area contributed by atoms with E-state index >= 15 is 0 Å². The van der Waals surface area contributed by atoms with E-state index < -0.39 is 5.54 Å². The molecule has 1 aliphatic rings. The van der Waals surface area contributed by atoms with Crippen LogP contribution in [0.1, 0.15) is 25.5 Å². The van der Waals surface area contributed by atoms with Gasteiger partial charge in [-0.1, -0.05) is 28.1 Å². The van der Waals surface area contributed by atoms with E-state index in [0.29, 0.717) is 6.54 Å². The van der Waals surface area contributed by atoms with Crippen LogP contribution in [-0.2, 0) is 0 Å². The zero-order valence-electron chi connectivity index (χ0n) is 11.2. The molecule has 2 amide bonds. The Balaban J connectivity index is 2.32. The zero-order valence-corrected chi connectivity index (χ0v) is 12.8. The average Bonchev–Trinajstić information content (AvgIpc) is 2.67. The molecule has 0 spiro atoms. The van der Waals surface area contributed by atoms with Gasteiger partial charge in [-0.05, 0) is 31.5 Å². The minimum atomic E-state index is -0.786. The number of carbonyl (C=O) groups excluding carboxylic acids is 1. The molecule has 1 unspecified atom stereocenters.